The third-order valence-electron chi connectivity index (χ3n) is 14.6. The normalized spacial score (nSPS) is 34.7. The number of aliphatic hydroxyl groups is 6. The highest BCUT2D eigenvalue weighted by atomic mass is 32.2. The minimum atomic E-state index is -1.60. The molecule has 77 heavy (non-hydrogen) atoms. The molecule has 3 aliphatic heterocycles. The summed E-state index contributed by atoms with van der Waals surface area (Å²) in [4.78, 5) is 40.0. The van der Waals surface area contributed by atoms with E-state index in [0.717, 1.165) is 21.7 Å². The van der Waals surface area contributed by atoms with Crippen molar-refractivity contribution in [1.82, 2.24) is 25.6 Å². The van der Waals surface area contributed by atoms with E-state index in [2.05, 4.69) is 16.0 Å². The number of fused-ring (bicyclic) bond motifs is 6. The Kier molecular flexibility index (Phi) is 18.3. The van der Waals surface area contributed by atoms with E-state index in [9.17, 15) is 40.2 Å². The van der Waals surface area contributed by atoms with Crippen molar-refractivity contribution in [3.8, 4) is 0 Å². The Morgan fingerprint density at radius 1 is 0.636 bits per heavy atom. The number of carbonyl (C=O) groups is 2. The lowest BCUT2D eigenvalue weighted by molar-refractivity contribution is -0.306. The zero-order chi connectivity index (χ0) is 54.8. The van der Waals surface area contributed by atoms with Crippen molar-refractivity contribution in [3.63, 3.8) is 0 Å². The summed E-state index contributed by atoms with van der Waals surface area (Å²) in [6.45, 7) is 2.18. The number of nitrogens with one attached hydrogen (secondary N) is 3. The number of urea groups is 1. The zero-order valence-electron chi connectivity index (χ0n) is 42.2. The number of hydrogen-bond donors (Lipinski definition) is 15. The number of Topliss-reactive ketones (excluding diaryl/α,β-unsaturated/α-hetero) is 1. The maximum atomic E-state index is 12.9. The predicted molar refractivity (Wildman–Crippen MR) is 283 cm³/mol. The maximum absolute atomic E-state index is 12.9. The van der Waals surface area contributed by atoms with Crippen molar-refractivity contribution in [2.24, 2.45) is 34.4 Å². The standard InChI is InChI=1S/C50H70N12O14S/c1-20(63)21-7-9-23-22(15-21)8-10-28-34(23)62-35-24-5-2-3-6-27(24)61-46(36(35)60-28)57-11-4-12-58-50(70)59-13-14-77-19-31-44(75-48-33(56)41(68)39(66)30(18-52)72-48)42(69)49(73-31)76-45-37(64)25(53)16-26(54)43(45)74-47-32(55)40(67)38(65)29(17-51)71-47/h2-3,5-10,15,25-26,29-33,37-45,47-49,64-69H,4,11-14,16-19,51-56H2,1H3,(H,57,61)(H2,58,59,70)/t25-,26+,29-,30?,31-,32-,33-,37+,38-,39-,40-,41-,42-,43-,44-,45-,47-,48-,49+/m1/s1. The van der Waals surface area contributed by atoms with E-state index in [-0.39, 0.29) is 37.6 Å². The van der Waals surface area contributed by atoms with Crippen molar-refractivity contribution >= 4 is 73.1 Å². The largest absolute Gasteiger partial charge is 0.389 e. The number of aromatic nitrogens is 3. The average molecular weight is 1100 g/mol. The van der Waals surface area contributed by atoms with Crippen molar-refractivity contribution in [3.05, 3.63) is 60.2 Å². The van der Waals surface area contributed by atoms with Crippen molar-refractivity contribution in [1.29, 1.82) is 0 Å². The topological polar surface area (TPSA) is 442 Å². The van der Waals surface area contributed by atoms with Crippen LogP contribution in [0.15, 0.2) is 54.6 Å². The number of anilines is 1. The highest BCUT2D eigenvalue weighted by molar-refractivity contribution is 7.99. The SMILES string of the molecule is CC(=O)c1ccc2c(ccc3nc4c(NCCCNC(=O)NCCSC[C@H]5O[C@@H](O[C@@H]6[C@@H](O)[C@H](N)C[C@H](N)[C@H]6O[C@H]6O[C@H](CN)[C@@H](O)[C@H](O)[C@H]6N)[C@H](O)[C@@H]5O[C@H]5OC(CN)[C@@H](O)[C@H](O)[C@H]5N)nc5ccccc5c4nc32)c1. The second-order valence-corrected chi connectivity index (χ2v) is 21.1. The third-order valence-corrected chi connectivity index (χ3v) is 15.7. The van der Waals surface area contributed by atoms with E-state index in [1.807, 2.05) is 48.5 Å². The molecule has 5 aromatic rings. The molecule has 1 aliphatic carbocycles. The molecule has 2 aromatic heterocycles. The van der Waals surface area contributed by atoms with E-state index in [4.69, 9.17) is 77.8 Å². The molecule has 1 saturated carbocycles. The molecule has 5 heterocycles. The first-order chi connectivity index (χ1) is 37.0. The molecule has 0 spiro atoms. The molecule has 3 saturated heterocycles. The van der Waals surface area contributed by atoms with Crippen LogP contribution in [0.4, 0.5) is 10.6 Å². The summed E-state index contributed by atoms with van der Waals surface area (Å²) in [5, 5.41) is 77.3. The van der Waals surface area contributed by atoms with E-state index in [1.54, 1.807) is 6.07 Å². The Hall–Kier alpha value is -4.70. The molecular formula is C50H70N12O14S. The summed E-state index contributed by atoms with van der Waals surface area (Å²) in [6, 6.07) is 12.3. The average Bonchev–Trinajstić information content (AvgIpc) is 3.76. The number of aliphatic hydroxyl groups excluding tert-OH is 6. The van der Waals surface area contributed by atoms with Gasteiger partial charge in [-0.2, -0.15) is 11.8 Å². The minimum Gasteiger partial charge on any atom is -0.389 e. The van der Waals surface area contributed by atoms with Gasteiger partial charge in [-0.05, 0) is 43.4 Å². The van der Waals surface area contributed by atoms with Crippen molar-refractivity contribution in [2.45, 2.75) is 136 Å². The molecule has 2 amide bonds. The predicted octanol–water partition coefficient (Wildman–Crippen LogP) is -3.35. The fourth-order valence-corrected chi connectivity index (χ4v) is 11.1. The Balaban J connectivity index is 0.801. The smallest absolute Gasteiger partial charge is 0.314 e. The van der Waals surface area contributed by atoms with Crippen LogP contribution in [0.25, 0.3) is 43.7 Å². The summed E-state index contributed by atoms with van der Waals surface area (Å²) in [6.07, 6.45) is -19.4. The number of ether oxygens (including phenoxy) is 6. The monoisotopic (exact) mass is 1090 g/mol. The number of ketones is 1. The first-order valence-corrected chi connectivity index (χ1v) is 26.8. The number of hydrogen-bond acceptors (Lipinski definition) is 25. The Morgan fingerprint density at radius 3 is 1.97 bits per heavy atom. The zero-order valence-corrected chi connectivity index (χ0v) is 43.0. The summed E-state index contributed by atoms with van der Waals surface area (Å²) >= 11 is 1.34. The van der Waals surface area contributed by atoms with Gasteiger partial charge >= 0.3 is 6.03 Å². The molecule has 0 radical (unpaired) electrons. The molecule has 9 rings (SSSR count). The lowest BCUT2D eigenvalue weighted by Gasteiger charge is -2.47. The van der Waals surface area contributed by atoms with Crippen molar-refractivity contribution < 1.29 is 68.6 Å². The number of amides is 2. The number of rotatable bonds is 19. The summed E-state index contributed by atoms with van der Waals surface area (Å²) in [7, 11) is 0. The molecule has 1 unspecified atom stereocenters. The Bertz CT molecular complexity index is 2870. The number of para-hydroxylation sites is 1. The van der Waals surface area contributed by atoms with Crippen molar-refractivity contribution in [2.75, 3.05) is 49.5 Å². The second-order valence-electron chi connectivity index (χ2n) is 19.9. The maximum Gasteiger partial charge on any atom is 0.314 e. The molecule has 4 aliphatic rings. The molecule has 4 fully saturated rings. The summed E-state index contributed by atoms with van der Waals surface area (Å²) in [5.41, 5.74) is 40.8. The van der Waals surface area contributed by atoms with Crippen LogP contribution in [-0.2, 0) is 28.4 Å². The van der Waals surface area contributed by atoms with Crippen LogP contribution in [0.3, 0.4) is 0 Å². The third kappa shape index (κ3) is 12.1. The van der Waals surface area contributed by atoms with Crippen LogP contribution in [-0.4, -0.2) is 218 Å². The molecular weight excluding hydrogens is 1020 g/mol. The molecule has 0 bridgehead atoms. The van der Waals surface area contributed by atoms with Gasteiger partial charge in [0.1, 0.15) is 72.1 Å². The van der Waals surface area contributed by atoms with Crippen LogP contribution < -0.4 is 50.4 Å². The van der Waals surface area contributed by atoms with Crippen LogP contribution in [0, 0.1) is 0 Å². The van der Waals surface area contributed by atoms with Gasteiger partial charge in [0, 0.05) is 72.6 Å². The molecule has 21 N–H and O–H groups in total. The number of benzene rings is 3. The van der Waals surface area contributed by atoms with Crippen LogP contribution in [0.5, 0.6) is 0 Å². The number of thioether (sulfide) groups is 1. The van der Waals surface area contributed by atoms with Gasteiger partial charge in [0.2, 0.25) is 0 Å². The van der Waals surface area contributed by atoms with E-state index >= 15 is 0 Å². The van der Waals surface area contributed by atoms with Crippen LogP contribution >= 0.6 is 11.8 Å². The number of nitrogens with zero attached hydrogens (tertiary/aromatic N) is 3. The first-order valence-electron chi connectivity index (χ1n) is 25.7. The minimum absolute atomic E-state index is 0.0204. The van der Waals surface area contributed by atoms with Gasteiger partial charge in [0.25, 0.3) is 0 Å². The van der Waals surface area contributed by atoms with Gasteiger partial charge in [-0.3, -0.25) is 4.79 Å². The van der Waals surface area contributed by atoms with Gasteiger partial charge < -0.3 is 109 Å². The highest BCUT2D eigenvalue weighted by Gasteiger charge is 2.54. The lowest BCUT2D eigenvalue weighted by Crippen LogP contribution is -2.68. The van der Waals surface area contributed by atoms with Crippen LogP contribution in [0.1, 0.15) is 30.1 Å². The molecule has 27 heteroatoms. The Labute approximate surface area is 446 Å². The van der Waals surface area contributed by atoms with E-state index in [1.165, 1.54) is 18.7 Å². The molecule has 3 aromatic carbocycles. The highest BCUT2D eigenvalue weighted by Crippen LogP contribution is 2.36. The van der Waals surface area contributed by atoms with E-state index in [0.29, 0.717) is 58.7 Å². The first kappa shape index (κ1) is 57.0. The Morgan fingerprint density at radius 2 is 1.29 bits per heavy atom. The second kappa shape index (κ2) is 24.8. The van der Waals surface area contributed by atoms with Gasteiger partial charge in [-0.25, -0.2) is 19.7 Å². The number of nitrogens with two attached hydrogens (primary N) is 6. The fourth-order valence-electron chi connectivity index (χ4n) is 10.2. The van der Waals surface area contributed by atoms with Crippen LogP contribution in [0.2, 0.25) is 0 Å². The molecule has 19 atom stereocenters. The number of pyridine rings is 1. The van der Waals surface area contributed by atoms with Gasteiger partial charge in [-0.1, -0.05) is 36.4 Å². The number of carbonyl (C=O) groups excluding carboxylic acids is 2. The fraction of sp³-hybridized carbons (Fsp3) is 0.580. The quantitative estimate of drug-likeness (QED) is 0.0166. The van der Waals surface area contributed by atoms with Gasteiger partial charge in [0.15, 0.2) is 30.5 Å². The van der Waals surface area contributed by atoms with E-state index < -0.39 is 122 Å². The van der Waals surface area contributed by atoms with Gasteiger partial charge in [-0.15, -0.1) is 0 Å². The summed E-state index contributed by atoms with van der Waals surface area (Å²) < 4.78 is 36.6. The molecule has 420 valence electrons. The summed E-state index contributed by atoms with van der Waals surface area (Å²) in [5.74, 6) is 1.06. The molecule has 26 nitrogen and oxygen atoms in total. The van der Waals surface area contributed by atoms with Gasteiger partial charge in [0.05, 0.1) is 40.8 Å². The lowest BCUT2D eigenvalue weighted by atomic mass is 9.84.